The molecule has 1 fully saturated rings. The molecule has 2 heterocycles. The van der Waals surface area contributed by atoms with Crippen molar-refractivity contribution >= 4 is 16.6 Å². The van der Waals surface area contributed by atoms with E-state index in [1.807, 2.05) is 0 Å². The van der Waals surface area contributed by atoms with Crippen LogP contribution in [0.25, 0.3) is 10.9 Å². The first-order valence-electron chi connectivity index (χ1n) is 7.44. The van der Waals surface area contributed by atoms with Crippen LogP contribution in [0.3, 0.4) is 0 Å². The first kappa shape index (κ1) is 16.0. The highest BCUT2D eigenvalue weighted by Crippen LogP contribution is 2.33. The maximum absolute atomic E-state index is 14.1. The van der Waals surface area contributed by atoms with Crippen molar-refractivity contribution in [3.05, 3.63) is 35.8 Å². The number of benzene rings is 1. The predicted octanol–water partition coefficient (Wildman–Crippen LogP) is 3.63. The molecule has 0 radical (unpaired) electrons. The quantitative estimate of drug-likeness (QED) is 0.827. The molecule has 0 spiro atoms. The van der Waals surface area contributed by atoms with Crippen LogP contribution in [0.2, 0.25) is 0 Å². The summed E-state index contributed by atoms with van der Waals surface area (Å²) >= 11 is 0. The lowest BCUT2D eigenvalue weighted by atomic mass is 9.94. The number of halogens is 4. The molecule has 0 aliphatic carbocycles. The lowest BCUT2D eigenvalue weighted by Crippen LogP contribution is -2.47. The van der Waals surface area contributed by atoms with Gasteiger partial charge in [0, 0.05) is 42.0 Å². The number of piperidine rings is 1. The van der Waals surface area contributed by atoms with Gasteiger partial charge >= 0.3 is 6.18 Å². The van der Waals surface area contributed by atoms with Gasteiger partial charge in [0.1, 0.15) is 5.82 Å². The number of hydrogen-bond acceptors (Lipinski definition) is 3. The Labute approximate surface area is 131 Å². The van der Waals surface area contributed by atoms with Gasteiger partial charge in [-0.15, -0.1) is 0 Å². The van der Waals surface area contributed by atoms with Crippen molar-refractivity contribution in [2.75, 3.05) is 18.4 Å². The molecule has 1 aromatic carbocycles. The van der Waals surface area contributed by atoms with Gasteiger partial charge < -0.3 is 10.6 Å². The molecule has 2 aromatic rings. The zero-order chi connectivity index (χ0) is 16.6. The van der Waals surface area contributed by atoms with Crippen molar-refractivity contribution in [1.82, 2.24) is 10.3 Å². The Bertz CT molecular complexity index is 714. The summed E-state index contributed by atoms with van der Waals surface area (Å²) in [5, 5.41) is 6.55. The van der Waals surface area contributed by atoms with Crippen molar-refractivity contribution < 1.29 is 17.6 Å². The zero-order valence-corrected chi connectivity index (χ0v) is 12.5. The van der Waals surface area contributed by atoms with Crippen molar-refractivity contribution in [3.63, 3.8) is 0 Å². The van der Waals surface area contributed by atoms with Crippen molar-refractivity contribution in [3.8, 4) is 0 Å². The maximum atomic E-state index is 14.1. The van der Waals surface area contributed by atoms with E-state index >= 15 is 0 Å². The van der Waals surface area contributed by atoms with Gasteiger partial charge in [-0.2, -0.15) is 13.2 Å². The Kier molecular flexibility index (Phi) is 4.14. The van der Waals surface area contributed by atoms with Crippen molar-refractivity contribution in [1.29, 1.82) is 0 Å². The molecule has 124 valence electrons. The molecular formula is C16H17F4N3. The Morgan fingerprint density at radius 1 is 1.30 bits per heavy atom. The van der Waals surface area contributed by atoms with Crippen molar-refractivity contribution in [2.45, 2.75) is 25.6 Å². The van der Waals surface area contributed by atoms with Gasteiger partial charge in [-0.25, -0.2) is 4.39 Å². The van der Waals surface area contributed by atoms with E-state index in [1.165, 1.54) is 6.07 Å². The third kappa shape index (κ3) is 3.24. The average molecular weight is 327 g/mol. The van der Waals surface area contributed by atoms with Crippen LogP contribution in [0.15, 0.2) is 24.4 Å². The summed E-state index contributed by atoms with van der Waals surface area (Å²) in [5.41, 5.74) is 1.43. The van der Waals surface area contributed by atoms with Crippen LogP contribution in [-0.4, -0.2) is 30.3 Å². The minimum Gasteiger partial charge on any atom is -0.380 e. The van der Waals surface area contributed by atoms with E-state index in [2.05, 4.69) is 15.6 Å². The Morgan fingerprint density at radius 3 is 2.83 bits per heavy atom. The van der Waals surface area contributed by atoms with E-state index < -0.39 is 24.0 Å². The van der Waals surface area contributed by atoms with Crippen LogP contribution >= 0.6 is 0 Å². The summed E-state index contributed by atoms with van der Waals surface area (Å²) in [6.07, 6.45) is -2.69. The van der Waals surface area contributed by atoms with Gasteiger partial charge in [-0.1, -0.05) is 0 Å². The number of pyridine rings is 1. The summed E-state index contributed by atoms with van der Waals surface area (Å²) in [6, 6.07) is 4.43. The third-order valence-electron chi connectivity index (χ3n) is 4.26. The fourth-order valence-corrected chi connectivity index (χ4v) is 2.99. The van der Waals surface area contributed by atoms with Crippen LogP contribution in [0.4, 0.5) is 23.2 Å². The summed E-state index contributed by atoms with van der Waals surface area (Å²) < 4.78 is 52.7. The number of hydrogen-bond donors (Lipinski definition) is 2. The highest BCUT2D eigenvalue weighted by Gasteiger charge is 2.42. The third-order valence-corrected chi connectivity index (χ3v) is 4.26. The second kappa shape index (κ2) is 5.96. The Balaban J connectivity index is 1.88. The number of aromatic nitrogens is 1. The summed E-state index contributed by atoms with van der Waals surface area (Å²) in [5.74, 6) is -1.82. The number of nitrogens with one attached hydrogen (secondary N) is 2. The second-order valence-electron chi connectivity index (χ2n) is 5.90. The van der Waals surface area contributed by atoms with Gasteiger partial charge in [0.15, 0.2) is 0 Å². The van der Waals surface area contributed by atoms with Crippen LogP contribution in [0.5, 0.6) is 0 Å². The lowest BCUT2D eigenvalue weighted by Gasteiger charge is -2.32. The van der Waals surface area contributed by atoms with Crippen LogP contribution in [0.1, 0.15) is 12.0 Å². The van der Waals surface area contributed by atoms with Gasteiger partial charge in [-0.3, -0.25) is 4.98 Å². The predicted molar refractivity (Wildman–Crippen MR) is 80.9 cm³/mol. The molecule has 1 saturated heterocycles. The molecule has 3 nitrogen and oxygen atoms in total. The standard InChI is InChI=1S/C16H17F4N3/c1-9-13(17)6-14(12-3-2-4-22-15(9)12)23-11-5-10(7-21-8-11)16(18,19)20/h2-4,6,10-11,21,23H,5,7-8H2,1H3/t10-,11-/m0/s1. The highest BCUT2D eigenvalue weighted by molar-refractivity contribution is 5.93. The molecule has 0 saturated carbocycles. The number of alkyl halides is 3. The molecule has 7 heteroatoms. The average Bonchev–Trinajstić information content (AvgIpc) is 2.52. The Hall–Kier alpha value is -1.89. The summed E-state index contributed by atoms with van der Waals surface area (Å²) in [4.78, 5) is 4.17. The van der Waals surface area contributed by atoms with Crippen LogP contribution in [-0.2, 0) is 0 Å². The van der Waals surface area contributed by atoms with Gasteiger partial charge in [0.25, 0.3) is 0 Å². The monoisotopic (exact) mass is 327 g/mol. The molecule has 0 bridgehead atoms. The maximum Gasteiger partial charge on any atom is 0.393 e. The van der Waals surface area contributed by atoms with E-state index in [9.17, 15) is 17.6 Å². The van der Waals surface area contributed by atoms with E-state index in [0.29, 0.717) is 28.7 Å². The second-order valence-corrected chi connectivity index (χ2v) is 5.90. The zero-order valence-electron chi connectivity index (χ0n) is 12.5. The molecule has 3 rings (SSSR count). The highest BCUT2D eigenvalue weighted by atomic mass is 19.4. The Morgan fingerprint density at radius 2 is 2.09 bits per heavy atom. The van der Waals surface area contributed by atoms with Gasteiger partial charge in [-0.05, 0) is 31.5 Å². The van der Waals surface area contributed by atoms with Gasteiger partial charge in [0.2, 0.25) is 0 Å². The molecular weight excluding hydrogens is 310 g/mol. The number of fused-ring (bicyclic) bond motifs is 1. The normalized spacial score (nSPS) is 22.3. The van der Waals surface area contributed by atoms with Crippen molar-refractivity contribution in [2.24, 2.45) is 5.92 Å². The molecule has 23 heavy (non-hydrogen) atoms. The molecule has 1 aliphatic heterocycles. The van der Waals surface area contributed by atoms with Crippen LogP contribution in [0, 0.1) is 18.7 Å². The van der Waals surface area contributed by atoms with Gasteiger partial charge in [0.05, 0.1) is 11.4 Å². The minimum atomic E-state index is -4.23. The molecule has 1 aliphatic rings. The van der Waals surface area contributed by atoms with E-state index in [1.54, 1.807) is 25.3 Å². The fourth-order valence-electron chi connectivity index (χ4n) is 2.99. The largest absolute Gasteiger partial charge is 0.393 e. The first-order chi connectivity index (χ1) is 10.9. The van der Waals surface area contributed by atoms with E-state index in [-0.39, 0.29) is 13.0 Å². The molecule has 0 unspecified atom stereocenters. The molecule has 0 amide bonds. The minimum absolute atomic E-state index is 0.0340. The summed E-state index contributed by atoms with van der Waals surface area (Å²) in [7, 11) is 0. The smallest absolute Gasteiger partial charge is 0.380 e. The molecule has 2 N–H and O–H groups in total. The lowest BCUT2D eigenvalue weighted by molar-refractivity contribution is -0.178. The number of nitrogens with zero attached hydrogens (tertiary/aromatic N) is 1. The number of aryl methyl sites for hydroxylation is 1. The number of anilines is 1. The molecule has 1 aromatic heterocycles. The topological polar surface area (TPSA) is 37.0 Å². The first-order valence-corrected chi connectivity index (χ1v) is 7.44. The SMILES string of the molecule is Cc1c(F)cc(N[C@@H]2CNC[C@@H](C(F)(F)F)C2)c2cccnc12. The molecule has 2 atom stereocenters. The van der Waals surface area contributed by atoms with Crippen LogP contribution < -0.4 is 10.6 Å². The number of rotatable bonds is 2. The summed E-state index contributed by atoms with van der Waals surface area (Å²) in [6.45, 7) is 1.96. The van der Waals surface area contributed by atoms with E-state index in [0.717, 1.165) is 0 Å². The fraction of sp³-hybridized carbons (Fsp3) is 0.438. The van der Waals surface area contributed by atoms with E-state index in [4.69, 9.17) is 0 Å².